The van der Waals surface area contributed by atoms with Crippen molar-refractivity contribution in [3.05, 3.63) is 77.7 Å². The number of benzene rings is 2. The van der Waals surface area contributed by atoms with Crippen LogP contribution in [0.2, 0.25) is 0 Å². The van der Waals surface area contributed by atoms with E-state index in [1.54, 1.807) is 54.6 Å². The molecule has 0 bridgehead atoms. The highest BCUT2D eigenvalue weighted by molar-refractivity contribution is 6.22. The summed E-state index contributed by atoms with van der Waals surface area (Å²) in [5, 5.41) is 3.10. The maximum Gasteiger partial charge on any atom is 0.331 e. The number of carbonyl (C=O) groups excluding carboxylic acids is 3. The zero-order valence-corrected chi connectivity index (χ0v) is 15.5. The van der Waals surface area contributed by atoms with Crippen LogP contribution in [0.1, 0.15) is 26.4 Å². The number of carbonyl (C=O) groups is 3. The fraction of sp³-hybridized carbons (Fsp3) is 0.0952. The molecule has 8 heteroatoms. The number of aromatic nitrogens is 2. The number of esters is 1. The van der Waals surface area contributed by atoms with Gasteiger partial charge in [-0.15, -0.1) is 0 Å². The number of fused-ring (bicyclic) bond motifs is 1. The second-order valence-electron chi connectivity index (χ2n) is 6.41. The predicted octanol–water partition coefficient (Wildman–Crippen LogP) is 2.73. The van der Waals surface area contributed by atoms with Crippen molar-refractivity contribution >= 4 is 29.3 Å². The largest absolute Gasteiger partial charge is 0.425 e. The van der Waals surface area contributed by atoms with Gasteiger partial charge in [0, 0.05) is 23.5 Å². The van der Waals surface area contributed by atoms with Crippen LogP contribution in [0.15, 0.2) is 60.9 Å². The van der Waals surface area contributed by atoms with E-state index in [0.29, 0.717) is 11.5 Å². The van der Waals surface area contributed by atoms with Gasteiger partial charge >= 0.3 is 5.97 Å². The molecular weight excluding hydrogens is 372 g/mol. The molecule has 2 aromatic carbocycles. The highest BCUT2D eigenvalue weighted by atomic mass is 16.5. The van der Waals surface area contributed by atoms with E-state index in [2.05, 4.69) is 15.3 Å². The Labute approximate surface area is 166 Å². The maximum atomic E-state index is 12.4. The van der Waals surface area contributed by atoms with E-state index in [1.807, 2.05) is 6.92 Å². The van der Waals surface area contributed by atoms with Crippen LogP contribution in [-0.2, 0) is 4.79 Å². The number of amides is 2. The van der Waals surface area contributed by atoms with E-state index in [4.69, 9.17) is 4.74 Å². The number of nitrogens with one attached hydrogen (secondary N) is 1. The molecule has 8 nitrogen and oxygen atoms in total. The standard InChI is InChI=1S/C21H16N4O4/c1-13-9-18(23-12-22-13)24-14-5-4-6-15(10-14)29-19(26)11-25-20(27)16-7-2-3-8-17(16)21(25)28/h2-10,12H,11H2,1H3,(H,22,23,24). The molecule has 1 aliphatic rings. The van der Waals surface area contributed by atoms with E-state index in [9.17, 15) is 14.4 Å². The fourth-order valence-corrected chi connectivity index (χ4v) is 2.98. The molecule has 144 valence electrons. The first-order valence-corrected chi connectivity index (χ1v) is 8.83. The Morgan fingerprint density at radius 1 is 1.00 bits per heavy atom. The van der Waals surface area contributed by atoms with E-state index >= 15 is 0 Å². The summed E-state index contributed by atoms with van der Waals surface area (Å²) in [6.45, 7) is 1.39. The van der Waals surface area contributed by atoms with Gasteiger partial charge in [-0.05, 0) is 31.2 Å². The van der Waals surface area contributed by atoms with Gasteiger partial charge in [-0.2, -0.15) is 0 Å². The molecule has 4 rings (SSSR count). The Bertz CT molecular complexity index is 1090. The molecule has 0 fully saturated rings. The number of aryl methyl sites for hydroxylation is 1. The van der Waals surface area contributed by atoms with Crippen LogP contribution in [0, 0.1) is 6.92 Å². The minimum absolute atomic E-state index is 0.280. The average molecular weight is 388 g/mol. The van der Waals surface area contributed by atoms with E-state index in [-0.39, 0.29) is 16.9 Å². The van der Waals surface area contributed by atoms with Gasteiger partial charge in [0.2, 0.25) is 0 Å². The smallest absolute Gasteiger partial charge is 0.331 e. The van der Waals surface area contributed by atoms with Gasteiger partial charge in [0.05, 0.1) is 11.1 Å². The monoisotopic (exact) mass is 388 g/mol. The molecule has 0 atom stereocenters. The second kappa shape index (κ2) is 7.51. The van der Waals surface area contributed by atoms with Gasteiger partial charge in [-0.3, -0.25) is 14.5 Å². The summed E-state index contributed by atoms with van der Waals surface area (Å²) in [5.41, 5.74) is 2.05. The van der Waals surface area contributed by atoms with Crippen LogP contribution in [0.25, 0.3) is 0 Å². The summed E-state index contributed by atoms with van der Waals surface area (Å²) < 4.78 is 5.32. The van der Waals surface area contributed by atoms with Gasteiger partial charge in [0.1, 0.15) is 24.4 Å². The number of nitrogens with zero attached hydrogens (tertiary/aromatic N) is 3. The lowest BCUT2D eigenvalue weighted by Crippen LogP contribution is -2.36. The van der Waals surface area contributed by atoms with Crippen LogP contribution in [-0.4, -0.2) is 39.2 Å². The van der Waals surface area contributed by atoms with Gasteiger partial charge in [0.25, 0.3) is 11.8 Å². The molecule has 1 aromatic heterocycles. The lowest BCUT2D eigenvalue weighted by Gasteiger charge is -2.13. The minimum Gasteiger partial charge on any atom is -0.425 e. The number of imide groups is 1. The average Bonchev–Trinajstić information content (AvgIpc) is 2.93. The quantitative estimate of drug-likeness (QED) is 0.407. The van der Waals surface area contributed by atoms with Crippen molar-refractivity contribution in [3.63, 3.8) is 0 Å². The highest BCUT2D eigenvalue weighted by Gasteiger charge is 2.36. The lowest BCUT2D eigenvalue weighted by molar-refractivity contribution is -0.134. The molecule has 0 radical (unpaired) electrons. The topological polar surface area (TPSA) is 101 Å². The minimum atomic E-state index is -0.713. The number of anilines is 2. The Morgan fingerprint density at radius 3 is 2.41 bits per heavy atom. The summed E-state index contributed by atoms with van der Waals surface area (Å²) in [4.78, 5) is 46.1. The molecule has 29 heavy (non-hydrogen) atoms. The molecule has 0 unspecified atom stereocenters. The zero-order chi connectivity index (χ0) is 20.4. The summed E-state index contributed by atoms with van der Waals surface area (Å²) >= 11 is 0. The fourth-order valence-electron chi connectivity index (χ4n) is 2.98. The van der Waals surface area contributed by atoms with Crippen molar-refractivity contribution in [2.75, 3.05) is 11.9 Å². The SMILES string of the molecule is Cc1cc(Nc2cccc(OC(=O)CN3C(=O)c4ccccc4C3=O)c2)ncn1. The van der Waals surface area contributed by atoms with Crippen LogP contribution >= 0.6 is 0 Å². The Kier molecular flexibility index (Phi) is 4.74. The summed E-state index contributed by atoms with van der Waals surface area (Å²) in [6.07, 6.45) is 1.45. The summed E-state index contributed by atoms with van der Waals surface area (Å²) in [6, 6.07) is 15.0. The first-order chi connectivity index (χ1) is 14.0. The second-order valence-corrected chi connectivity index (χ2v) is 6.41. The Hall–Kier alpha value is -4.07. The molecular formula is C21H16N4O4. The van der Waals surface area contributed by atoms with Crippen molar-refractivity contribution in [1.82, 2.24) is 14.9 Å². The van der Waals surface area contributed by atoms with Crippen LogP contribution in [0.3, 0.4) is 0 Å². The van der Waals surface area contributed by atoms with Crippen molar-refractivity contribution in [3.8, 4) is 5.75 Å². The lowest BCUT2D eigenvalue weighted by atomic mass is 10.1. The van der Waals surface area contributed by atoms with Crippen molar-refractivity contribution in [1.29, 1.82) is 0 Å². The number of hydrogen-bond acceptors (Lipinski definition) is 7. The number of rotatable bonds is 5. The normalized spacial score (nSPS) is 12.7. The Balaban J connectivity index is 1.43. The van der Waals surface area contributed by atoms with Crippen LogP contribution < -0.4 is 10.1 Å². The van der Waals surface area contributed by atoms with Gasteiger partial charge in [-0.1, -0.05) is 18.2 Å². The zero-order valence-electron chi connectivity index (χ0n) is 15.5. The van der Waals surface area contributed by atoms with E-state index in [1.165, 1.54) is 6.33 Å². The molecule has 0 aliphatic carbocycles. The maximum absolute atomic E-state index is 12.4. The third kappa shape index (κ3) is 3.81. The van der Waals surface area contributed by atoms with Gasteiger partial charge in [0.15, 0.2) is 0 Å². The first kappa shape index (κ1) is 18.3. The van der Waals surface area contributed by atoms with Gasteiger partial charge < -0.3 is 10.1 Å². The molecule has 0 spiro atoms. The molecule has 1 aliphatic heterocycles. The first-order valence-electron chi connectivity index (χ1n) is 8.83. The van der Waals surface area contributed by atoms with Crippen molar-refractivity contribution in [2.45, 2.75) is 6.92 Å². The number of ether oxygens (including phenoxy) is 1. The molecule has 2 amide bonds. The van der Waals surface area contributed by atoms with Gasteiger partial charge in [-0.25, -0.2) is 14.8 Å². The van der Waals surface area contributed by atoms with Crippen LogP contribution in [0.5, 0.6) is 5.75 Å². The van der Waals surface area contributed by atoms with E-state index < -0.39 is 24.3 Å². The predicted molar refractivity (Wildman–Crippen MR) is 104 cm³/mol. The molecule has 2 heterocycles. The highest BCUT2D eigenvalue weighted by Crippen LogP contribution is 2.23. The third-order valence-corrected chi connectivity index (χ3v) is 4.31. The molecule has 3 aromatic rings. The summed E-state index contributed by atoms with van der Waals surface area (Å²) in [7, 11) is 0. The number of hydrogen-bond donors (Lipinski definition) is 1. The van der Waals surface area contributed by atoms with Crippen molar-refractivity contribution in [2.24, 2.45) is 0 Å². The third-order valence-electron chi connectivity index (χ3n) is 4.31. The Morgan fingerprint density at radius 2 is 1.72 bits per heavy atom. The molecule has 0 saturated carbocycles. The van der Waals surface area contributed by atoms with Crippen molar-refractivity contribution < 1.29 is 19.1 Å². The summed E-state index contributed by atoms with van der Waals surface area (Å²) in [5.74, 6) is -0.835. The molecule has 1 N–H and O–H groups in total. The molecule has 0 saturated heterocycles. The van der Waals surface area contributed by atoms with Crippen LogP contribution in [0.4, 0.5) is 11.5 Å². The van der Waals surface area contributed by atoms with E-state index in [0.717, 1.165) is 10.6 Å².